The van der Waals surface area contributed by atoms with Gasteiger partial charge in [0.05, 0.1) is 11.4 Å². The Morgan fingerprint density at radius 1 is 1.06 bits per heavy atom. The van der Waals surface area contributed by atoms with Gasteiger partial charge in [0.1, 0.15) is 6.07 Å². The van der Waals surface area contributed by atoms with E-state index in [0.717, 1.165) is 44.7 Å². The lowest BCUT2D eigenvalue weighted by Gasteiger charge is -2.33. The highest BCUT2D eigenvalue weighted by atomic mass is 16.7. The normalized spacial score (nSPS) is 17.1. The number of hydrogen-bond donors (Lipinski definition) is 1. The molecular weight excluding hydrogens is 436 g/mol. The number of amides is 2. The van der Waals surface area contributed by atoms with Crippen LogP contribution in [0, 0.1) is 11.3 Å². The summed E-state index contributed by atoms with van der Waals surface area (Å²) in [7, 11) is 3.72. The summed E-state index contributed by atoms with van der Waals surface area (Å²) in [5.74, 6) is -0.286. The van der Waals surface area contributed by atoms with Gasteiger partial charge in [-0.05, 0) is 56.6 Å². The van der Waals surface area contributed by atoms with Crippen molar-refractivity contribution in [2.45, 2.75) is 19.3 Å². The largest absolute Gasteiger partial charge is 0.440 e. The standard InChI is InChI=1S/C24H30N6O4/c1-27-12-14-30(15-13-27)34-24(32)28(2)18-6-8-20(21(16-18)29-10-4-3-5-11-29)26-23(31)22-9-7-19(17-25)33-22/h6-9,16H,3-5,10-15H2,1-2H3,(H,26,31). The highest BCUT2D eigenvalue weighted by Gasteiger charge is 2.23. The summed E-state index contributed by atoms with van der Waals surface area (Å²) in [6.45, 7) is 4.75. The molecule has 2 fully saturated rings. The zero-order chi connectivity index (χ0) is 24.1. The second kappa shape index (κ2) is 10.6. The third kappa shape index (κ3) is 5.50. The number of nitrogens with zero attached hydrogens (tertiary/aromatic N) is 5. The number of furan rings is 1. The molecule has 0 atom stereocenters. The first-order chi connectivity index (χ1) is 16.4. The van der Waals surface area contributed by atoms with Crippen LogP contribution < -0.4 is 15.1 Å². The highest BCUT2D eigenvalue weighted by molar-refractivity contribution is 6.04. The van der Waals surface area contributed by atoms with Crippen LogP contribution in [-0.2, 0) is 4.84 Å². The SMILES string of the molecule is CN1CCN(OC(=O)N(C)c2ccc(NC(=O)c3ccc(C#N)o3)c(N3CCCCC3)c2)CC1. The average Bonchev–Trinajstić information content (AvgIpc) is 3.35. The van der Waals surface area contributed by atoms with Crippen molar-refractivity contribution in [3.8, 4) is 6.07 Å². The van der Waals surface area contributed by atoms with Gasteiger partial charge in [0.15, 0.2) is 5.76 Å². The Morgan fingerprint density at radius 2 is 1.79 bits per heavy atom. The van der Waals surface area contributed by atoms with Gasteiger partial charge in [0.2, 0.25) is 5.76 Å². The Hall–Kier alpha value is -3.55. The number of hydroxylamine groups is 2. The van der Waals surface area contributed by atoms with E-state index in [9.17, 15) is 9.59 Å². The lowest BCUT2D eigenvalue weighted by Crippen LogP contribution is -2.46. The third-order valence-corrected chi connectivity index (χ3v) is 6.20. The number of hydrogen-bond acceptors (Lipinski definition) is 8. The fraction of sp³-hybridized carbons (Fsp3) is 0.458. The molecular formula is C24H30N6O4. The van der Waals surface area contributed by atoms with Crippen molar-refractivity contribution in [2.75, 3.05) is 68.5 Å². The van der Waals surface area contributed by atoms with Gasteiger partial charge in [0.25, 0.3) is 5.91 Å². The second-order valence-electron chi connectivity index (χ2n) is 8.63. The Balaban J connectivity index is 1.52. The summed E-state index contributed by atoms with van der Waals surface area (Å²) in [5.41, 5.74) is 2.12. The van der Waals surface area contributed by atoms with E-state index in [2.05, 4.69) is 15.1 Å². The number of rotatable bonds is 5. The van der Waals surface area contributed by atoms with Crippen molar-refractivity contribution >= 4 is 29.1 Å². The van der Waals surface area contributed by atoms with E-state index < -0.39 is 12.0 Å². The van der Waals surface area contributed by atoms with Crippen molar-refractivity contribution in [3.05, 3.63) is 41.9 Å². The van der Waals surface area contributed by atoms with Gasteiger partial charge in [-0.1, -0.05) is 0 Å². The molecule has 3 heterocycles. The monoisotopic (exact) mass is 466 g/mol. The lowest BCUT2D eigenvalue weighted by molar-refractivity contribution is -0.117. The first kappa shape index (κ1) is 23.6. The van der Waals surface area contributed by atoms with Crippen LogP contribution >= 0.6 is 0 Å². The van der Waals surface area contributed by atoms with Crippen LogP contribution in [0.5, 0.6) is 0 Å². The fourth-order valence-electron chi connectivity index (χ4n) is 4.09. The molecule has 0 saturated carbocycles. The molecule has 180 valence electrons. The molecule has 0 unspecified atom stereocenters. The van der Waals surface area contributed by atoms with Gasteiger partial charge in [-0.3, -0.25) is 9.69 Å². The minimum absolute atomic E-state index is 0.0677. The quantitative estimate of drug-likeness (QED) is 0.717. The van der Waals surface area contributed by atoms with Gasteiger partial charge in [0, 0.05) is 52.0 Å². The molecule has 0 bridgehead atoms. The third-order valence-electron chi connectivity index (χ3n) is 6.20. The van der Waals surface area contributed by atoms with Crippen LogP contribution in [0.25, 0.3) is 0 Å². The molecule has 0 radical (unpaired) electrons. The van der Waals surface area contributed by atoms with Crippen molar-refractivity contribution in [3.63, 3.8) is 0 Å². The molecule has 34 heavy (non-hydrogen) atoms. The van der Waals surface area contributed by atoms with Crippen LogP contribution in [0.15, 0.2) is 34.7 Å². The summed E-state index contributed by atoms with van der Waals surface area (Å²) in [6, 6.07) is 10.3. The summed E-state index contributed by atoms with van der Waals surface area (Å²) >= 11 is 0. The second-order valence-corrected chi connectivity index (χ2v) is 8.63. The molecule has 2 aliphatic rings. The van der Waals surface area contributed by atoms with Crippen LogP contribution in [-0.4, -0.2) is 75.3 Å². The van der Waals surface area contributed by atoms with E-state index >= 15 is 0 Å². The van der Waals surface area contributed by atoms with Gasteiger partial charge >= 0.3 is 6.09 Å². The number of benzene rings is 1. The maximum absolute atomic E-state index is 12.8. The minimum atomic E-state index is -0.453. The summed E-state index contributed by atoms with van der Waals surface area (Å²) < 4.78 is 5.26. The number of carbonyl (C=O) groups is 2. The molecule has 2 aliphatic heterocycles. The van der Waals surface area contributed by atoms with Crippen LogP contribution in [0.3, 0.4) is 0 Å². The predicted molar refractivity (Wildman–Crippen MR) is 128 cm³/mol. The zero-order valence-corrected chi connectivity index (χ0v) is 19.6. The maximum Gasteiger partial charge on any atom is 0.433 e. The molecule has 1 N–H and O–H groups in total. The van der Waals surface area contributed by atoms with Crippen molar-refractivity contribution < 1.29 is 18.8 Å². The maximum atomic E-state index is 12.8. The van der Waals surface area contributed by atoms with E-state index in [1.54, 1.807) is 24.2 Å². The smallest absolute Gasteiger partial charge is 0.433 e. The Labute approximate surface area is 199 Å². The Bertz CT molecular complexity index is 1060. The number of nitriles is 1. The predicted octanol–water partition coefficient (Wildman–Crippen LogP) is 3.13. The molecule has 2 aromatic rings. The number of piperazine rings is 1. The molecule has 1 aromatic heterocycles. The van der Waals surface area contributed by atoms with E-state index in [1.165, 1.54) is 23.5 Å². The van der Waals surface area contributed by atoms with Crippen molar-refractivity contribution in [2.24, 2.45) is 0 Å². The first-order valence-corrected chi connectivity index (χ1v) is 11.5. The number of piperidine rings is 1. The molecule has 10 heteroatoms. The number of carbonyl (C=O) groups excluding carboxylic acids is 2. The average molecular weight is 467 g/mol. The summed E-state index contributed by atoms with van der Waals surface area (Å²) in [5, 5.41) is 13.5. The van der Waals surface area contributed by atoms with Crippen molar-refractivity contribution in [1.82, 2.24) is 9.96 Å². The molecule has 1 aromatic carbocycles. The molecule has 4 rings (SSSR count). The number of nitrogens with one attached hydrogen (secondary N) is 1. The summed E-state index contributed by atoms with van der Waals surface area (Å²) in [4.78, 5) is 37.0. The number of anilines is 3. The fourth-order valence-corrected chi connectivity index (χ4v) is 4.09. The molecule has 10 nitrogen and oxygen atoms in total. The summed E-state index contributed by atoms with van der Waals surface area (Å²) in [6.07, 6.45) is 2.83. The van der Waals surface area contributed by atoms with Gasteiger partial charge in [-0.15, -0.1) is 5.06 Å². The van der Waals surface area contributed by atoms with Gasteiger partial charge in [-0.25, -0.2) is 4.79 Å². The van der Waals surface area contributed by atoms with E-state index in [-0.39, 0.29) is 11.5 Å². The van der Waals surface area contributed by atoms with Gasteiger partial charge < -0.3 is 24.4 Å². The van der Waals surface area contributed by atoms with E-state index in [4.69, 9.17) is 14.5 Å². The Kier molecular flexibility index (Phi) is 7.35. The lowest BCUT2D eigenvalue weighted by atomic mass is 10.1. The molecule has 2 saturated heterocycles. The van der Waals surface area contributed by atoms with E-state index in [1.807, 2.05) is 19.2 Å². The molecule has 2 amide bonds. The minimum Gasteiger partial charge on any atom is -0.440 e. The zero-order valence-electron chi connectivity index (χ0n) is 19.6. The van der Waals surface area contributed by atoms with Crippen molar-refractivity contribution in [1.29, 1.82) is 5.26 Å². The number of likely N-dealkylation sites (N-methyl/N-ethyl adjacent to an activating group) is 1. The van der Waals surface area contributed by atoms with Crippen LogP contribution in [0.1, 0.15) is 35.6 Å². The molecule has 0 spiro atoms. The highest BCUT2D eigenvalue weighted by Crippen LogP contribution is 2.33. The topological polar surface area (TPSA) is 105 Å². The first-order valence-electron chi connectivity index (χ1n) is 11.5. The van der Waals surface area contributed by atoms with E-state index in [0.29, 0.717) is 24.5 Å². The Morgan fingerprint density at radius 3 is 2.47 bits per heavy atom. The van der Waals surface area contributed by atoms with Crippen LogP contribution in [0.4, 0.5) is 21.9 Å². The van der Waals surface area contributed by atoms with Crippen LogP contribution in [0.2, 0.25) is 0 Å². The molecule has 0 aliphatic carbocycles. The van der Waals surface area contributed by atoms with Gasteiger partial charge in [-0.2, -0.15) is 5.26 Å².